The number of ketones is 1. The fraction of sp³-hybridized carbons (Fsp3) is 0.217. The van der Waals surface area contributed by atoms with Crippen molar-refractivity contribution in [1.29, 1.82) is 0 Å². The van der Waals surface area contributed by atoms with Crippen molar-refractivity contribution in [2.45, 2.75) is 38.1 Å². The Balaban J connectivity index is 1.74. The molecule has 0 aliphatic carbocycles. The number of carbonyl (C=O) groups excluding carboxylic acids is 3. The molecule has 2 aromatic carbocycles. The van der Waals surface area contributed by atoms with Crippen LogP contribution in [-0.4, -0.2) is 38.0 Å². The van der Waals surface area contributed by atoms with Gasteiger partial charge in [0, 0.05) is 23.7 Å². The van der Waals surface area contributed by atoms with E-state index in [-0.39, 0.29) is 28.4 Å². The lowest BCUT2D eigenvalue weighted by Crippen LogP contribution is -2.23. The molecule has 0 aliphatic rings. The zero-order valence-corrected chi connectivity index (χ0v) is 19.4. The highest BCUT2D eigenvalue weighted by atomic mass is 32.2. The normalized spacial score (nSPS) is 11.5. The van der Waals surface area contributed by atoms with E-state index in [1.807, 2.05) is 13.0 Å². The van der Waals surface area contributed by atoms with Crippen molar-refractivity contribution in [2.75, 3.05) is 10.6 Å². The summed E-state index contributed by atoms with van der Waals surface area (Å²) in [7, 11) is 0. The van der Waals surface area contributed by atoms with E-state index < -0.39 is 10.8 Å². The van der Waals surface area contributed by atoms with Crippen molar-refractivity contribution in [1.82, 2.24) is 15.2 Å². The zero-order chi connectivity index (χ0) is 24.1. The van der Waals surface area contributed by atoms with Crippen LogP contribution in [0.15, 0.2) is 52.4 Å². The van der Waals surface area contributed by atoms with Crippen molar-refractivity contribution in [3.63, 3.8) is 0 Å². The Labute approximate surface area is 194 Å². The lowest BCUT2D eigenvalue weighted by Gasteiger charge is -2.12. The molecule has 0 bridgehead atoms. The van der Waals surface area contributed by atoms with Crippen LogP contribution in [-0.2, 0) is 9.59 Å². The van der Waals surface area contributed by atoms with Gasteiger partial charge in [-0.25, -0.2) is 0 Å². The smallest absolute Gasteiger partial charge is 0.278 e. The number of rotatable bonds is 7. The molecule has 1 heterocycles. The first-order valence-electron chi connectivity index (χ1n) is 10.1. The maximum absolute atomic E-state index is 12.7. The molecule has 3 aromatic rings. The van der Waals surface area contributed by atoms with Gasteiger partial charge in [0.25, 0.3) is 5.56 Å². The molecule has 0 spiro atoms. The van der Waals surface area contributed by atoms with Crippen molar-refractivity contribution >= 4 is 40.7 Å². The second kappa shape index (κ2) is 10.2. The number of Topliss-reactive ketones (excluding diaryl/α,β-unsaturated/α-hetero) is 1. The van der Waals surface area contributed by atoms with Crippen LogP contribution < -0.4 is 16.2 Å². The summed E-state index contributed by atoms with van der Waals surface area (Å²) in [6.07, 6.45) is 0. The van der Waals surface area contributed by atoms with Crippen LogP contribution in [0.25, 0.3) is 11.3 Å². The first-order valence-corrected chi connectivity index (χ1v) is 11.0. The van der Waals surface area contributed by atoms with E-state index in [4.69, 9.17) is 0 Å². The number of H-pyrrole nitrogens is 1. The maximum Gasteiger partial charge on any atom is 0.278 e. The Kier molecular flexibility index (Phi) is 7.39. The molecule has 33 heavy (non-hydrogen) atoms. The fourth-order valence-corrected chi connectivity index (χ4v) is 3.70. The lowest BCUT2D eigenvalue weighted by atomic mass is 10.1. The highest BCUT2D eigenvalue weighted by Gasteiger charge is 2.19. The number of nitrogens with zero attached hydrogens (tertiary/aromatic N) is 2. The van der Waals surface area contributed by atoms with E-state index in [1.54, 1.807) is 43.3 Å². The quantitative estimate of drug-likeness (QED) is 0.359. The minimum atomic E-state index is -0.581. The highest BCUT2D eigenvalue weighted by molar-refractivity contribution is 8.00. The lowest BCUT2D eigenvalue weighted by molar-refractivity contribution is -0.115. The van der Waals surface area contributed by atoms with Crippen LogP contribution in [0, 0.1) is 6.92 Å². The monoisotopic (exact) mass is 465 g/mol. The summed E-state index contributed by atoms with van der Waals surface area (Å²) < 4.78 is 0. The summed E-state index contributed by atoms with van der Waals surface area (Å²) in [6.45, 7) is 6.39. The van der Waals surface area contributed by atoms with E-state index in [1.165, 1.54) is 13.8 Å². The van der Waals surface area contributed by atoms with E-state index in [0.29, 0.717) is 22.5 Å². The zero-order valence-electron chi connectivity index (χ0n) is 18.6. The summed E-state index contributed by atoms with van der Waals surface area (Å²) in [5.74, 6) is -0.626. The predicted molar refractivity (Wildman–Crippen MR) is 128 cm³/mol. The summed E-state index contributed by atoms with van der Waals surface area (Å²) in [5, 5.41) is 13.2. The standard InChI is InChI=1S/C23H23N5O4S/c1-12-5-10-19(24-15(4)30)18(11-12)20-22(32)26-23(28-27-20)33-14(3)21(31)25-17-8-6-16(7-9-17)13(2)29/h5-11,14H,1-4H3,(H,24,30)(H,25,31)(H,26,28,32)/t14-/m0/s1. The maximum atomic E-state index is 12.7. The van der Waals surface area contributed by atoms with Crippen LogP contribution in [0.3, 0.4) is 0 Å². The Morgan fingerprint density at radius 3 is 2.30 bits per heavy atom. The number of aromatic amines is 1. The molecule has 3 rings (SSSR count). The Bertz CT molecular complexity index is 1270. The number of nitrogens with one attached hydrogen (secondary N) is 3. The third kappa shape index (κ3) is 6.13. The molecule has 9 nitrogen and oxygen atoms in total. The SMILES string of the molecule is CC(=O)Nc1ccc(C)cc1-c1nnc(S[C@@H](C)C(=O)Nc2ccc(C(C)=O)cc2)[nH]c1=O. The first kappa shape index (κ1) is 23.9. The topological polar surface area (TPSA) is 134 Å². The molecule has 3 N–H and O–H groups in total. The molecule has 0 radical (unpaired) electrons. The molecule has 0 aliphatic heterocycles. The number of carbonyl (C=O) groups is 3. The predicted octanol–water partition coefficient (Wildman–Crippen LogP) is 3.42. The van der Waals surface area contributed by atoms with Crippen molar-refractivity contribution in [2.24, 2.45) is 0 Å². The highest BCUT2D eigenvalue weighted by Crippen LogP contribution is 2.26. The number of amides is 2. The second-order valence-electron chi connectivity index (χ2n) is 7.42. The number of thioether (sulfide) groups is 1. The average molecular weight is 466 g/mol. The minimum absolute atomic E-state index is 0.0577. The van der Waals surface area contributed by atoms with E-state index in [0.717, 1.165) is 17.3 Å². The number of aromatic nitrogens is 3. The van der Waals surface area contributed by atoms with Gasteiger partial charge in [-0.05, 0) is 57.2 Å². The third-order valence-electron chi connectivity index (χ3n) is 4.63. The van der Waals surface area contributed by atoms with E-state index in [9.17, 15) is 19.2 Å². The van der Waals surface area contributed by atoms with Crippen molar-refractivity contribution in [3.05, 3.63) is 63.9 Å². The van der Waals surface area contributed by atoms with Crippen LogP contribution in [0.2, 0.25) is 0 Å². The summed E-state index contributed by atoms with van der Waals surface area (Å²) >= 11 is 1.05. The minimum Gasteiger partial charge on any atom is -0.326 e. The number of hydrogen-bond acceptors (Lipinski definition) is 7. The number of benzene rings is 2. The molecule has 10 heteroatoms. The van der Waals surface area contributed by atoms with Gasteiger partial charge in [0.05, 0.1) is 10.9 Å². The Hall–Kier alpha value is -3.79. The molecule has 1 atom stereocenters. The molecular formula is C23H23N5O4S. The van der Waals surface area contributed by atoms with Crippen molar-refractivity contribution in [3.8, 4) is 11.3 Å². The summed E-state index contributed by atoms with van der Waals surface area (Å²) in [6, 6.07) is 11.8. The van der Waals surface area contributed by atoms with Gasteiger partial charge < -0.3 is 10.6 Å². The molecule has 0 fully saturated rings. The van der Waals surface area contributed by atoms with E-state index >= 15 is 0 Å². The first-order chi connectivity index (χ1) is 15.6. The largest absolute Gasteiger partial charge is 0.326 e. The number of hydrogen-bond donors (Lipinski definition) is 3. The van der Waals surface area contributed by atoms with Crippen LogP contribution in [0.1, 0.15) is 36.7 Å². The Morgan fingerprint density at radius 1 is 1.00 bits per heavy atom. The molecular weight excluding hydrogens is 442 g/mol. The van der Waals surface area contributed by atoms with Crippen LogP contribution >= 0.6 is 11.8 Å². The van der Waals surface area contributed by atoms with Gasteiger partial charge in [0.15, 0.2) is 16.6 Å². The number of aryl methyl sites for hydroxylation is 1. The number of anilines is 2. The van der Waals surface area contributed by atoms with Crippen LogP contribution in [0.5, 0.6) is 0 Å². The van der Waals surface area contributed by atoms with E-state index in [2.05, 4.69) is 25.8 Å². The van der Waals surface area contributed by atoms with Gasteiger partial charge in [0.1, 0.15) is 0 Å². The van der Waals surface area contributed by atoms with Gasteiger partial charge in [-0.15, -0.1) is 10.2 Å². The summed E-state index contributed by atoms with van der Waals surface area (Å²) in [5.41, 5.74) is 2.48. The second-order valence-corrected chi connectivity index (χ2v) is 8.75. The van der Waals surface area contributed by atoms with Gasteiger partial charge in [-0.2, -0.15) is 0 Å². The summed E-state index contributed by atoms with van der Waals surface area (Å²) in [4.78, 5) is 50.7. The Morgan fingerprint density at radius 2 is 1.70 bits per heavy atom. The molecule has 2 amide bonds. The van der Waals surface area contributed by atoms with Gasteiger partial charge in [-0.1, -0.05) is 23.4 Å². The molecule has 1 aromatic heterocycles. The van der Waals surface area contributed by atoms with Crippen LogP contribution in [0.4, 0.5) is 11.4 Å². The average Bonchev–Trinajstić information content (AvgIpc) is 2.75. The fourth-order valence-electron chi connectivity index (χ4n) is 2.96. The molecule has 0 saturated heterocycles. The van der Waals surface area contributed by atoms with Crippen molar-refractivity contribution < 1.29 is 14.4 Å². The van der Waals surface area contributed by atoms with Gasteiger partial charge in [0.2, 0.25) is 11.8 Å². The molecule has 0 unspecified atom stereocenters. The van der Waals surface area contributed by atoms with Gasteiger partial charge >= 0.3 is 0 Å². The van der Waals surface area contributed by atoms with Gasteiger partial charge in [-0.3, -0.25) is 24.2 Å². The third-order valence-corrected chi connectivity index (χ3v) is 5.61. The molecule has 0 saturated carbocycles. The molecule has 170 valence electrons.